The van der Waals surface area contributed by atoms with Gasteiger partial charge in [0, 0.05) is 36.7 Å². The molecule has 11 heteroatoms. The first-order valence-electron chi connectivity index (χ1n) is 13.4. The second-order valence-corrected chi connectivity index (χ2v) is 11.4. The summed E-state index contributed by atoms with van der Waals surface area (Å²) in [5.74, 6) is 0.840. The second kappa shape index (κ2) is 12.1. The Balaban J connectivity index is 1.24. The Hall–Kier alpha value is -3.47. The van der Waals surface area contributed by atoms with E-state index in [4.69, 9.17) is 0 Å². The van der Waals surface area contributed by atoms with E-state index in [-0.39, 0.29) is 59.6 Å². The minimum Gasteiger partial charge on any atom is -0.353 e. The molecule has 0 bridgehead atoms. The molecule has 0 unspecified atom stereocenters. The first-order chi connectivity index (χ1) is 18.9. The zero-order chi connectivity index (χ0) is 27.4. The van der Waals surface area contributed by atoms with Crippen LogP contribution in [0.25, 0.3) is 11.0 Å². The van der Waals surface area contributed by atoms with Gasteiger partial charge in [0.1, 0.15) is 11.5 Å². The smallest absolute Gasteiger partial charge is 0.333 e. The lowest BCUT2D eigenvalue weighted by atomic mass is 9.90. The molecule has 3 aromatic rings. The van der Waals surface area contributed by atoms with E-state index < -0.39 is 11.4 Å². The van der Waals surface area contributed by atoms with Gasteiger partial charge in [0.25, 0.3) is 11.5 Å². The minimum absolute atomic E-state index is 0.0774. The van der Waals surface area contributed by atoms with Crippen LogP contribution in [0.15, 0.2) is 52.2 Å². The Morgan fingerprint density at radius 3 is 2.38 bits per heavy atom. The van der Waals surface area contributed by atoms with Crippen molar-refractivity contribution in [1.82, 2.24) is 24.8 Å². The van der Waals surface area contributed by atoms with E-state index >= 15 is 0 Å². The maximum absolute atomic E-state index is 14.1. The number of fused-ring (bicyclic) bond motifs is 1. The van der Waals surface area contributed by atoms with E-state index in [1.807, 2.05) is 17.8 Å². The maximum Gasteiger partial charge on any atom is 0.333 e. The number of amides is 2. The summed E-state index contributed by atoms with van der Waals surface area (Å²) in [6, 6.07) is 9.51. The van der Waals surface area contributed by atoms with Gasteiger partial charge in [-0.1, -0.05) is 18.2 Å². The molecular formula is C28H32FN5O4S. The number of carbonyl (C=O) groups excluding carboxylic acids is 2. The Morgan fingerprint density at radius 2 is 1.67 bits per heavy atom. The van der Waals surface area contributed by atoms with Crippen LogP contribution < -0.4 is 21.9 Å². The highest BCUT2D eigenvalue weighted by Gasteiger charge is 2.29. The van der Waals surface area contributed by atoms with Gasteiger partial charge in [0.05, 0.1) is 11.6 Å². The number of hydrogen-bond donors (Lipinski definition) is 2. The van der Waals surface area contributed by atoms with E-state index in [2.05, 4.69) is 15.6 Å². The zero-order valence-electron chi connectivity index (χ0n) is 21.6. The third-order valence-corrected chi connectivity index (χ3v) is 8.63. The van der Waals surface area contributed by atoms with Gasteiger partial charge < -0.3 is 10.6 Å². The first-order valence-corrected chi connectivity index (χ1v) is 14.6. The van der Waals surface area contributed by atoms with Gasteiger partial charge in [-0.3, -0.25) is 23.5 Å². The molecule has 1 saturated heterocycles. The molecule has 1 aromatic carbocycles. The fourth-order valence-corrected chi connectivity index (χ4v) is 6.64. The minimum atomic E-state index is -0.609. The van der Waals surface area contributed by atoms with Crippen LogP contribution >= 0.6 is 11.8 Å². The highest BCUT2D eigenvalue weighted by atomic mass is 32.2. The van der Waals surface area contributed by atoms with Crippen molar-refractivity contribution >= 4 is 34.6 Å². The van der Waals surface area contributed by atoms with Gasteiger partial charge in [-0.05, 0) is 68.2 Å². The lowest BCUT2D eigenvalue weighted by Gasteiger charge is -2.31. The molecule has 2 aliphatic rings. The summed E-state index contributed by atoms with van der Waals surface area (Å²) in [6.45, 7) is 0.227. The SMILES string of the molecule is O=C(CCNC(=O)c1ccccc1)N[C@H]1CC[C@@H](n2c(=O)c3cc(F)cnc3n(C3CCSCC3)c2=O)CC1. The highest BCUT2D eigenvalue weighted by molar-refractivity contribution is 7.99. The van der Waals surface area contributed by atoms with Gasteiger partial charge in [-0.15, -0.1) is 0 Å². The molecule has 2 N–H and O–H groups in total. The van der Waals surface area contributed by atoms with Gasteiger partial charge in [-0.25, -0.2) is 14.2 Å². The quantitative estimate of drug-likeness (QED) is 0.465. The predicted octanol–water partition coefficient (Wildman–Crippen LogP) is 3.19. The molecule has 39 heavy (non-hydrogen) atoms. The van der Waals surface area contributed by atoms with Crippen molar-refractivity contribution in [2.24, 2.45) is 0 Å². The predicted molar refractivity (Wildman–Crippen MR) is 149 cm³/mol. The lowest BCUT2D eigenvalue weighted by molar-refractivity contribution is -0.121. The average Bonchev–Trinajstić information content (AvgIpc) is 2.95. The maximum atomic E-state index is 14.1. The van der Waals surface area contributed by atoms with Crippen LogP contribution in [0.2, 0.25) is 0 Å². The molecule has 0 atom stereocenters. The fraction of sp³-hybridized carbons (Fsp3) is 0.464. The van der Waals surface area contributed by atoms with Crippen molar-refractivity contribution in [2.45, 2.75) is 63.1 Å². The Bertz CT molecular complexity index is 1460. The molecule has 9 nitrogen and oxygen atoms in total. The third kappa shape index (κ3) is 6.08. The van der Waals surface area contributed by atoms with E-state index in [0.717, 1.165) is 30.5 Å². The van der Waals surface area contributed by atoms with E-state index in [9.17, 15) is 23.6 Å². The standard InChI is InChI=1S/C28H32FN5O4S/c29-19-16-23-25(31-17-19)33(22-11-14-39-15-12-22)28(38)34(27(23)37)21-8-6-20(7-9-21)32-24(35)10-13-30-26(36)18-4-2-1-3-5-18/h1-5,16-17,20-22H,6-15H2,(H,30,36)(H,32,35)/t20-,21+. The number of thioether (sulfide) groups is 1. The number of nitrogens with one attached hydrogen (secondary N) is 2. The van der Waals surface area contributed by atoms with Gasteiger partial charge in [0.2, 0.25) is 5.91 Å². The molecule has 2 aromatic heterocycles. The van der Waals surface area contributed by atoms with Crippen molar-refractivity contribution in [1.29, 1.82) is 0 Å². The number of benzene rings is 1. The van der Waals surface area contributed by atoms with E-state index in [1.54, 1.807) is 28.8 Å². The third-order valence-electron chi connectivity index (χ3n) is 7.58. The van der Waals surface area contributed by atoms with Crippen molar-refractivity contribution in [3.05, 3.63) is 74.8 Å². The molecule has 2 amide bonds. The Morgan fingerprint density at radius 1 is 0.974 bits per heavy atom. The van der Waals surface area contributed by atoms with Crippen molar-refractivity contribution in [2.75, 3.05) is 18.1 Å². The summed E-state index contributed by atoms with van der Waals surface area (Å²) in [4.78, 5) is 55.9. The lowest BCUT2D eigenvalue weighted by Crippen LogP contribution is -2.46. The molecule has 2 fully saturated rings. The molecule has 0 spiro atoms. The largest absolute Gasteiger partial charge is 0.353 e. The topological polar surface area (TPSA) is 115 Å². The van der Waals surface area contributed by atoms with Gasteiger partial charge in [-0.2, -0.15) is 11.8 Å². The number of pyridine rings is 1. The summed E-state index contributed by atoms with van der Waals surface area (Å²) in [5.41, 5.74) is -0.102. The summed E-state index contributed by atoms with van der Waals surface area (Å²) in [7, 11) is 0. The molecule has 0 radical (unpaired) electrons. The van der Waals surface area contributed by atoms with Crippen LogP contribution in [-0.4, -0.2) is 50.0 Å². The van der Waals surface area contributed by atoms with Crippen molar-refractivity contribution in [3.63, 3.8) is 0 Å². The monoisotopic (exact) mass is 553 g/mol. The van der Waals surface area contributed by atoms with Crippen LogP contribution in [0.5, 0.6) is 0 Å². The van der Waals surface area contributed by atoms with E-state index in [0.29, 0.717) is 31.2 Å². The van der Waals surface area contributed by atoms with Crippen LogP contribution in [0.1, 0.15) is 67.4 Å². The average molecular weight is 554 g/mol. The van der Waals surface area contributed by atoms with Gasteiger partial charge >= 0.3 is 5.69 Å². The molecule has 1 aliphatic carbocycles. The molecule has 1 aliphatic heterocycles. The zero-order valence-corrected chi connectivity index (χ0v) is 22.4. The Labute approximate surface area is 229 Å². The Kier molecular flexibility index (Phi) is 8.44. The fourth-order valence-electron chi connectivity index (χ4n) is 5.56. The summed E-state index contributed by atoms with van der Waals surface area (Å²) >= 11 is 1.83. The highest BCUT2D eigenvalue weighted by Crippen LogP contribution is 2.30. The number of carbonyl (C=O) groups is 2. The number of halogens is 1. The number of hydrogen-bond acceptors (Lipinski definition) is 6. The van der Waals surface area contributed by atoms with Crippen LogP contribution in [0.4, 0.5) is 4.39 Å². The van der Waals surface area contributed by atoms with Crippen LogP contribution in [0, 0.1) is 5.82 Å². The molecule has 1 saturated carbocycles. The summed E-state index contributed by atoms with van der Waals surface area (Å²) in [5, 5.41) is 5.89. The van der Waals surface area contributed by atoms with E-state index in [1.165, 1.54) is 10.6 Å². The molecular weight excluding hydrogens is 521 g/mol. The van der Waals surface area contributed by atoms with Crippen molar-refractivity contribution in [3.8, 4) is 0 Å². The summed E-state index contributed by atoms with van der Waals surface area (Å²) in [6.07, 6.45) is 5.10. The number of aromatic nitrogens is 3. The molecule has 206 valence electrons. The second-order valence-electron chi connectivity index (χ2n) is 10.1. The van der Waals surface area contributed by atoms with Crippen LogP contribution in [0.3, 0.4) is 0 Å². The first kappa shape index (κ1) is 27.1. The number of nitrogens with zero attached hydrogens (tertiary/aromatic N) is 3. The number of rotatable bonds is 7. The molecule has 5 rings (SSSR count). The normalized spacial score (nSPS) is 20.0. The van der Waals surface area contributed by atoms with Crippen molar-refractivity contribution < 1.29 is 14.0 Å². The van der Waals surface area contributed by atoms with Crippen LogP contribution in [-0.2, 0) is 4.79 Å². The van der Waals surface area contributed by atoms with Gasteiger partial charge in [0.15, 0.2) is 0 Å². The molecule has 3 heterocycles. The summed E-state index contributed by atoms with van der Waals surface area (Å²) < 4.78 is 17.0.